The van der Waals surface area contributed by atoms with E-state index in [-0.39, 0.29) is 0 Å². The predicted octanol–water partition coefficient (Wildman–Crippen LogP) is 5.90. The van der Waals surface area contributed by atoms with E-state index in [1.54, 1.807) is 29.8 Å². The first-order valence-electron chi connectivity index (χ1n) is 10.3. The number of oxime groups is 1. The first kappa shape index (κ1) is 21.2. The van der Waals surface area contributed by atoms with Gasteiger partial charge in [-0.1, -0.05) is 96.2 Å². The number of allylic oxidation sites excluding steroid dienone is 1. The molecule has 0 radical (unpaired) electrons. The number of aromatic nitrogens is 2. The van der Waals surface area contributed by atoms with Gasteiger partial charge in [-0.25, -0.2) is 4.98 Å². The van der Waals surface area contributed by atoms with Crippen LogP contribution in [0.15, 0.2) is 108 Å². The van der Waals surface area contributed by atoms with Gasteiger partial charge in [-0.2, -0.15) is 4.39 Å². The SMILES string of the molecule is CO/N=C(C)\C=C\c1cn(C(c2ccccc2)(c2ccccc2)c2ccccc2)c(F)n1. The molecule has 5 heteroatoms. The van der Waals surface area contributed by atoms with E-state index in [0.717, 1.165) is 16.7 Å². The van der Waals surface area contributed by atoms with Gasteiger partial charge < -0.3 is 4.84 Å². The number of hydrogen-bond donors (Lipinski definition) is 0. The molecule has 160 valence electrons. The molecule has 0 aliphatic carbocycles. The molecular formula is C27H24FN3O. The molecule has 1 heterocycles. The Morgan fingerprint density at radius 3 is 1.78 bits per heavy atom. The fourth-order valence-corrected chi connectivity index (χ4v) is 4.03. The lowest BCUT2D eigenvalue weighted by Crippen LogP contribution is -2.38. The molecule has 1 aromatic heterocycles. The number of halogens is 1. The quantitative estimate of drug-likeness (QED) is 0.210. The Morgan fingerprint density at radius 1 is 0.875 bits per heavy atom. The van der Waals surface area contributed by atoms with Crippen molar-refractivity contribution < 1.29 is 9.23 Å². The second-order valence-electron chi connectivity index (χ2n) is 7.36. The van der Waals surface area contributed by atoms with Crippen LogP contribution in [-0.4, -0.2) is 22.4 Å². The summed E-state index contributed by atoms with van der Waals surface area (Å²) in [7, 11) is 1.49. The largest absolute Gasteiger partial charge is 0.399 e. The molecule has 0 aliphatic rings. The zero-order valence-corrected chi connectivity index (χ0v) is 18.0. The molecule has 4 nitrogen and oxygen atoms in total. The molecule has 0 aliphatic heterocycles. The summed E-state index contributed by atoms with van der Waals surface area (Å²) in [4.78, 5) is 8.98. The van der Waals surface area contributed by atoms with E-state index in [4.69, 9.17) is 4.84 Å². The Hall–Kier alpha value is -3.99. The first-order chi connectivity index (χ1) is 15.7. The van der Waals surface area contributed by atoms with Gasteiger partial charge in [-0.05, 0) is 35.8 Å². The van der Waals surface area contributed by atoms with E-state index in [1.807, 2.05) is 91.0 Å². The first-order valence-corrected chi connectivity index (χ1v) is 10.3. The molecule has 0 saturated carbocycles. The van der Waals surface area contributed by atoms with E-state index >= 15 is 4.39 Å². The van der Waals surface area contributed by atoms with E-state index in [0.29, 0.717) is 11.4 Å². The van der Waals surface area contributed by atoms with Crippen molar-refractivity contribution in [3.05, 3.63) is 132 Å². The lowest BCUT2D eigenvalue weighted by atomic mass is 9.76. The third kappa shape index (κ3) is 3.97. The summed E-state index contributed by atoms with van der Waals surface area (Å²) >= 11 is 0. The van der Waals surface area contributed by atoms with Crippen molar-refractivity contribution in [2.45, 2.75) is 12.5 Å². The minimum atomic E-state index is -0.942. The number of hydrogen-bond acceptors (Lipinski definition) is 3. The summed E-state index contributed by atoms with van der Waals surface area (Å²) in [6.07, 6.45) is 4.62. The monoisotopic (exact) mass is 425 g/mol. The van der Waals surface area contributed by atoms with Gasteiger partial charge in [0.2, 0.25) is 0 Å². The molecule has 4 rings (SSSR count). The molecule has 0 amide bonds. The Kier molecular flexibility index (Phi) is 6.26. The van der Waals surface area contributed by atoms with Crippen LogP contribution in [0.4, 0.5) is 4.39 Å². The fourth-order valence-electron chi connectivity index (χ4n) is 4.03. The highest BCUT2D eigenvalue weighted by Crippen LogP contribution is 2.41. The maximum atomic E-state index is 15.6. The number of benzene rings is 3. The molecular weight excluding hydrogens is 401 g/mol. The summed E-state index contributed by atoms with van der Waals surface area (Å²) < 4.78 is 17.2. The fraction of sp³-hybridized carbons (Fsp3) is 0.111. The highest BCUT2D eigenvalue weighted by atomic mass is 19.1. The van der Waals surface area contributed by atoms with Crippen LogP contribution in [0.25, 0.3) is 6.08 Å². The third-order valence-electron chi connectivity index (χ3n) is 5.35. The van der Waals surface area contributed by atoms with Crippen LogP contribution >= 0.6 is 0 Å². The van der Waals surface area contributed by atoms with Gasteiger partial charge in [-0.3, -0.25) is 4.57 Å². The van der Waals surface area contributed by atoms with Crippen LogP contribution in [0, 0.1) is 6.08 Å². The summed E-state index contributed by atoms with van der Waals surface area (Å²) in [6, 6.07) is 29.8. The van der Waals surface area contributed by atoms with Gasteiger partial charge in [-0.15, -0.1) is 0 Å². The molecule has 0 atom stereocenters. The summed E-state index contributed by atoms with van der Waals surface area (Å²) in [5.41, 5.74) is 3.00. The van der Waals surface area contributed by atoms with Crippen molar-refractivity contribution in [1.82, 2.24) is 9.55 Å². The zero-order chi connectivity index (χ0) is 22.4. The molecule has 0 spiro atoms. The van der Waals surface area contributed by atoms with E-state index in [1.165, 1.54) is 7.11 Å². The molecule has 4 aromatic rings. The highest BCUT2D eigenvalue weighted by Gasteiger charge is 2.40. The topological polar surface area (TPSA) is 39.4 Å². The van der Waals surface area contributed by atoms with Crippen molar-refractivity contribution in [3.8, 4) is 0 Å². The van der Waals surface area contributed by atoms with Crippen molar-refractivity contribution in [2.75, 3.05) is 7.11 Å². The van der Waals surface area contributed by atoms with E-state index in [9.17, 15) is 0 Å². The minimum absolute atomic E-state index is 0.486. The van der Waals surface area contributed by atoms with Crippen molar-refractivity contribution >= 4 is 11.8 Å². The summed E-state index contributed by atoms with van der Waals surface area (Å²) in [5.74, 6) is 0. The molecule has 32 heavy (non-hydrogen) atoms. The lowest BCUT2D eigenvalue weighted by molar-refractivity contribution is 0.213. The average Bonchev–Trinajstić information content (AvgIpc) is 3.21. The Balaban J connectivity index is 2.00. The van der Waals surface area contributed by atoms with Crippen molar-refractivity contribution in [1.29, 1.82) is 0 Å². The van der Waals surface area contributed by atoms with Gasteiger partial charge in [0.25, 0.3) is 6.08 Å². The predicted molar refractivity (Wildman–Crippen MR) is 126 cm³/mol. The minimum Gasteiger partial charge on any atom is -0.399 e. The lowest BCUT2D eigenvalue weighted by Gasteiger charge is -2.37. The van der Waals surface area contributed by atoms with Gasteiger partial charge in [0.1, 0.15) is 12.6 Å². The molecule has 0 N–H and O–H groups in total. The van der Waals surface area contributed by atoms with Gasteiger partial charge in [0.05, 0.1) is 11.4 Å². The van der Waals surface area contributed by atoms with Crippen LogP contribution in [0.5, 0.6) is 0 Å². The summed E-state index contributed by atoms with van der Waals surface area (Å²) in [6.45, 7) is 1.80. The maximum absolute atomic E-state index is 15.6. The smallest absolute Gasteiger partial charge is 0.291 e. The van der Waals surface area contributed by atoms with Crippen LogP contribution in [0.1, 0.15) is 29.3 Å². The second-order valence-corrected chi connectivity index (χ2v) is 7.36. The summed E-state index contributed by atoms with van der Waals surface area (Å²) in [5, 5.41) is 3.86. The molecule has 0 saturated heterocycles. The van der Waals surface area contributed by atoms with Gasteiger partial charge in [0, 0.05) is 6.20 Å². The number of imidazole rings is 1. The van der Waals surface area contributed by atoms with Crippen LogP contribution in [0.2, 0.25) is 0 Å². The second kappa shape index (κ2) is 9.43. The molecule has 0 unspecified atom stereocenters. The van der Waals surface area contributed by atoms with Gasteiger partial charge >= 0.3 is 0 Å². The standard InChI is InChI=1S/C27H24FN3O/c1-21(30-32-2)18-19-25-20-31(26(28)29-25)27(22-12-6-3-7-13-22,23-14-8-4-9-15-23)24-16-10-5-11-17-24/h3-20H,1-2H3/b19-18+,30-21-. The number of rotatable bonds is 7. The van der Waals surface area contributed by atoms with Crippen molar-refractivity contribution in [2.24, 2.45) is 5.16 Å². The Bertz CT molecular complexity index is 1120. The van der Waals surface area contributed by atoms with Crippen LogP contribution in [0.3, 0.4) is 0 Å². The number of nitrogens with zero attached hydrogens (tertiary/aromatic N) is 3. The average molecular weight is 426 g/mol. The zero-order valence-electron chi connectivity index (χ0n) is 18.0. The van der Waals surface area contributed by atoms with Crippen LogP contribution < -0.4 is 0 Å². The molecule has 0 bridgehead atoms. The Labute approximate surface area is 187 Å². The van der Waals surface area contributed by atoms with Crippen LogP contribution in [-0.2, 0) is 10.4 Å². The van der Waals surface area contributed by atoms with Gasteiger partial charge in [0.15, 0.2) is 0 Å². The van der Waals surface area contributed by atoms with E-state index in [2.05, 4.69) is 10.1 Å². The maximum Gasteiger partial charge on any atom is 0.291 e. The highest BCUT2D eigenvalue weighted by molar-refractivity contribution is 5.95. The Morgan fingerprint density at radius 2 is 1.34 bits per heavy atom. The normalized spacial score (nSPS) is 12.3. The van der Waals surface area contributed by atoms with E-state index < -0.39 is 11.6 Å². The van der Waals surface area contributed by atoms with Crippen molar-refractivity contribution in [3.63, 3.8) is 0 Å². The molecule has 3 aromatic carbocycles. The third-order valence-corrected chi connectivity index (χ3v) is 5.35. The molecule has 0 fully saturated rings.